The second-order valence-electron chi connectivity index (χ2n) is 8.04. The Bertz CT molecular complexity index is 991. The van der Waals surface area contributed by atoms with Crippen molar-refractivity contribution in [2.75, 3.05) is 0 Å². The molecule has 1 fully saturated rings. The van der Waals surface area contributed by atoms with E-state index in [9.17, 15) is 4.79 Å². The van der Waals surface area contributed by atoms with E-state index in [2.05, 4.69) is 50.1 Å². The molecule has 27 heavy (non-hydrogen) atoms. The van der Waals surface area contributed by atoms with Crippen LogP contribution in [0.4, 0.5) is 0 Å². The molecule has 2 unspecified atom stereocenters. The fraction of sp³-hybridized carbons (Fsp3) is 0.364. The van der Waals surface area contributed by atoms with Crippen molar-refractivity contribution in [3.05, 3.63) is 53.8 Å². The van der Waals surface area contributed by atoms with Gasteiger partial charge >= 0.3 is 0 Å². The van der Waals surface area contributed by atoms with Gasteiger partial charge in [0.2, 0.25) is 5.91 Å². The van der Waals surface area contributed by atoms with Crippen LogP contribution < -0.4 is 5.32 Å². The number of nitrogens with one attached hydrogen (secondary N) is 1. The fourth-order valence-electron chi connectivity index (χ4n) is 3.70. The molecule has 0 spiro atoms. The van der Waals surface area contributed by atoms with Crippen molar-refractivity contribution in [3.8, 4) is 10.8 Å². The number of hydrogen-bond acceptors (Lipinski definition) is 4. The second-order valence-corrected chi connectivity index (χ2v) is 9.07. The van der Waals surface area contributed by atoms with E-state index in [4.69, 9.17) is 4.42 Å². The molecule has 5 heteroatoms. The Morgan fingerprint density at radius 1 is 1.26 bits per heavy atom. The molecule has 140 valence electrons. The van der Waals surface area contributed by atoms with Crippen LogP contribution in [0.5, 0.6) is 0 Å². The molecular weight excluding hydrogens is 356 g/mol. The molecule has 2 heterocycles. The highest BCUT2D eigenvalue weighted by Crippen LogP contribution is 2.59. The number of hydrogen-bond donors (Lipinski definition) is 1. The summed E-state index contributed by atoms with van der Waals surface area (Å²) in [7, 11) is 0. The van der Waals surface area contributed by atoms with Crippen LogP contribution in [-0.2, 0) is 11.3 Å². The van der Waals surface area contributed by atoms with Gasteiger partial charge in [0.1, 0.15) is 5.76 Å². The lowest BCUT2D eigenvalue weighted by Gasteiger charge is -2.04. The number of aromatic nitrogens is 1. The zero-order chi connectivity index (χ0) is 19.2. The Morgan fingerprint density at radius 3 is 2.78 bits per heavy atom. The topological polar surface area (TPSA) is 55.1 Å². The lowest BCUT2D eigenvalue weighted by atomic mass is 10.1. The number of benzene rings is 1. The molecule has 0 radical (unpaired) electrons. The van der Waals surface area contributed by atoms with Gasteiger partial charge in [0.25, 0.3) is 0 Å². The number of amides is 1. The molecule has 1 N–H and O–H groups in total. The van der Waals surface area contributed by atoms with Gasteiger partial charge in [0, 0.05) is 0 Å². The minimum atomic E-state index is 0.0245. The average Bonchev–Trinajstić information content (AvgIpc) is 3.05. The van der Waals surface area contributed by atoms with Gasteiger partial charge in [-0.1, -0.05) is 37.6 Å². The Kier molecular flexibility index (Phi) is 4.42. The molecule has 0 bridgehead atoms. The molecule has 0 aliphatic heterocycles. The van der Waals surface area contributed by atoms with Crippen molar-refractivity contribution in [1.82, 2.24) is 10.3 Å². The molecule has 4 rings (SSSR count). The first kappa shape index (κ1) is 18.0. The van der Waals surface area contributed by atoms with Crippen LogP contribution >= 0.6 is 11.3 Å². The molecule has 3 aromatic rings. The molecule has 4 nitrogen and oxygen atoms in total. The fourth-order valence-corrected chi connectivity index (χ4v) is 4.63. The van der Waals surface area contributed by atoms with Crippen molar-refractivity contribution in [1.29, 1.82) is 0 Å². The number of furan rings is 1. The Labute approximate surface area is 163 Å². The van der Waals surface area contributed by atoms with E-state index >= 15 is 0 Å². The Balaban J connectivity index is 1.41. The van der Waals surface area contributed by atoms with E-state index in [-0.39, 0.29) is 17.2 Å². The quantitative estimate of drug-likeness (QED) is 0.602. The van der Waals surface area contributed by atoms with Crippen LogP contribution in [0, 0.1) is 17.3 Å². The highest BCUT2D eigenvalue weighted by atomic mass is 32.1. The lowest BCUT2D eigenvalue weighted by Crippen LogP contribution is -2.26. The minimum absolute atomic E-state index is 0.0245. The van der Waals surface area contributed by atoms with E-state index in [1.165, 1.54) is 5.57 Å². The summed E-state index contributed by atoms with van der Waals surface area (Å²) in [6, 6.07) is 11.9. The molecule has 0 saturated heterocycles. The van der Waals surface area contributed by atoms with Crippen LogP contribution in [0.1, 0.15) is 33.5 Å². The maximum Gasteiger partial charge on any atom is 0.224 e. The third-order valence-electron chi connectivity index (χ3n) is 5.31. The highest BCUT2D eigenvalue weighted by molar-refractivity contribution is 7.21. The number of fused-ring (bicyclic) bond motifs is 1. The first-order valence-corrected chi connectivity index (χ1v) is 10.1. The molecule has 1 aliphatic carbocycles. The zero-order valence-electron chi connectivity index (χ0n) is 16.1. The summed E-state index contributed by atoms with van der Waals surface area (Å²) < 4.78 is 7.05. The Morgan fingerprint density at radius 2 is 2.04 bits per heavy atom. The highest BCUT2D eigenvalue weighted by Gasteiger charge is 2.60. The summed E-state index contributed by atoms with van der Waals surface area (Å²) in [5, 5.41) is 3.89. The average molecular weight is 381 g/mol. The third-order valence-corrected chi connectivity index (χ3v) is 6.36. The van der Waals surface area contributed by atoms with Crippen molar-refractivity contribution < 1.29 is 9.21 Å². The number of carbonyl (C=O) groups is 1. The predicted octanol–water partition coefficient (Wildman–Crippen LogP) is 5.41. The normalized spacial score (nSPS) is 20.4. The molecule has 1 aliphatic rings. The number of rotatable bonds is 5. The van der Waals surface area contributed by atoms with Crippen LogP contribution in [0.2, 0.25) is 0 Å². The van der Waals surface area contributed by atoms with Gasteiger partial charge in [0.05, 0.1) is 22.7 Å². The molecular formula is C22H24N2O2S. The third kappa shape index (κ3) is 3.44. The Hall–Kier alpha value is -2.40. The number of nitrogens with zero attached hydrogens (tertiary/aromatic N) is 1. The summed E-state index contributed by atoms with van der Waals surface area (Å²) in [4.78, 5) is 17.2. The molecule has 1 aromatic carbocycles. The minimum Gasteiger partial charge on any atom is -0.457 e. The first-order valence-electron chi connectivity index (χ1n) is 9.23. The largest absolute Gasteiger partial charge is 0.457 e. The SMILES string of the molecule is CC(C)=CC1C(C(=O)NCc2ccc(-c3nc4ccccc4s3)o2)C1(C)C. The predicted molar refractivity (Wildman–Crippen MR) is 109 cm³/mol. The molecule has 1 saturated carbocycles. The summed E-state index contributed by atoms with van der Waals surface area (Å²) >= 11 is 1.61. The van der Waals surface area contributed by atoms with Gasteiger partial charge < -0.3 is 9.73 Å². The zero-order valence-corrected chi connectivity index (χ0v) is 16.9. The maximum atomic E-state index is 12.6. The van der Waals surface area contributed by atoms with Crippen molar-refractivity contribution in [2.45, 2.75) is 34.2 Å². The van der Waals surface area contributed by atoms with Crippen molar-refractivity contribution in [2.24, 2.45) is 17.3 Å². The van der Waals surface area contributed by atoms with Gasteiger partial charge in [0.15, 0.2) is 10.8 Å². The summed E-state index contributed by atoms with van der Waals surface area (Å²) in [6.45, 7) is 8.86. The maximum absolute atomic E-state index is 12.6. The molecule has 2 aromatic heterocycles. The molecule has 2 atom stereocenters. The van der Waals surface area contributed by atoms with Crippen molar-refractivity contribution >= 4 is 27.5 Å². The lowest BCUT2D eigenvalue weighted by molar-refractivity contribution is -0.123. The van der Waals surface area contributed by atoms with Gasteiger partial charge in [-0.2, -0.15) is 0 Å². The van der Waals surface area contributed by atoms with Gasteiger partial charge in [-0.25, -0.2) is 4.98 Å². The van der Waals surface area contributed by atoms with Crippen molar-refractivity contribution in [3.63, 3.8) is 0 Å². The van der Waals surface area contributed by atoms with Crippen LogP contribution in [0.15, 0.2) is 52.5 Å². The second kappa shape index (κ2) is 6.64. The number of para-hydroxylation sites is 1. The summed E-state index contributed by atoms with van der Waals surface area (Å²) in [5.74, 6) is 1.94. The number of allylic oxidation sites excluding steroid dienone is 2. The summed E-state index contributed by atoms with van der Waals surface area (Å²) in [6.07, 6.45) is 2.21. The van der Waals surface area contributed by atoms with Gasteiger partial charge in [-0.3, -0.25) is 4.79 Å². The number of thiazole rings is 1. The van der Waals surface area contributed by atoms with E-state index in [1.807, 2.05) is 30.3 Å². The molecule has 1 amide bonds. The van der Waals surface area contributed by atoms with Crippen LogP contribution in [0.3, 0.4) is 0 Å². The van der Waals surface area contributed by atoms with Gasteiger partial charge in [-0.15, -0.1) is 11.3 Å². The van der Waals surface area contributed by atoms with Gasteiger partial charge in [-0.05, 0) is 49.4 Å². The van der Waals surface area contributed by atoms with E-state index in [0.717, 1.165) is 26.7 Å². The van der Waals surface area contributed by atoms with Crippen LogP contribution in [-0.4, -0.2) is 10.9 Å². The van der Waals surface area contributed by atoms with Crippen LogP contribution in [0.25, 0.3) is 21.0 Å². The van der Waals surface area contributed by atoms with E-state index in [1.54, 1.807) is 11.3 Å². The smallest absolute Gasteiger partial charge is 0.224 e. The first-order chi connectivity index (χ1) is 12.9. The van der Waals surface area contributed by atoms with E-state index < -0.39 is 0 Å². The number of carbonyl (C=O) groups excluding carboxylic acids is 1. The monoisotopic (exact) mass is 380 g/mol. The van der Waals surface area contributed by atoms with E-state index in [0.29, 0.717) is 12.5 Å². The standard InChI is InChI=1S/C22H24N2O2S/c1-13(2)11-15-19(22(15,3)4)20(25)23-12-14-9-10-17(26-14)21-24-16-7-5-6-8-18(16)27-21/h5-11,15,19H,12H2,1-4H3,(H,23,25). The summed E-state index contributed by atoms with van der Waals surface area (Å²) in [5.41, 5.74) is 2.26.